The quantitative estimate of drug-likeness (QED) is 0.499. The van der Waals surface area contributed by atoms with Crippen molar-refractivity contribution in [2.24, 2.45) is 0 Å². The molecule has 0 radical (unpaired) electrons. The molecule has 2 rings (SSSR count). The van der Waals surface area contributed by atoms with Gasteiger partial charge in [0.15, 0.2) is 0 Å². The molecule has 2 aromatic rings. The third kappa shape index (κ3) is 7.15. The number of nitrogens with zero attached hydrogens (tertiary/aromatic N) is 2. The molecule has 32 heavy (non-hydrogen) atoms. The van der Waals surface area contributed by atoms with Crippen LogP contribution in [0.5, 0.6) is 0 Å². The third-order valence-electron chi connectivity index (χ3n) is 5.16. The predicted molar refractivity (Wildman–Crippen MR) is 140 cm³/mol. The summed E-state index contributed by atoms with van der Waals surface area (Å²) in [5.41, 5.74) is 4.35. The molecular formula is C30H36N2. The molecule has 0 amide bonds. The van der Waals surface area contributed by atoms with Crippen LogP contribution in [0, 0.1) is 35.5 Å². The van der Waals surface area contributed by atoms with E-state index >= 15 is 0 Å². The van der Waals surface area contributed by atoms with Crippen LogP contribution in [0.1, 0.15) is 66.5 Å². The SMILES string of the molecule is CC(C)N(c1ccc(C#CC#CC#Cc2ccc(N(C(C)C)C(C)C)cc2)cc1)C(C)C. The summed E-state index contributed by atoms with van der Waals surface area (Å²) >= 11 is 0. The Balaban J connectivity index is 2.02. The first-order valence-electron chi connectivity index (χ1n) is 11.5. The molecule has 0 aliphatic heterocycles. The van der Waals surface area contributed by atoms with Crippen molar-refractivity contribution < 1.29 is 0 Å². The van der Waals surface area contributed by atoms with Gasteiger partial charge < -0.3 is 9.80 Å². The highest BCUT2D eigenvalue weighted by molar-refractivity contribution is 5.54. The van der Waals surface area contributed by atoms with Gasteiger partial charge in [0, 0.05) is 46.7 Å². The largest absolute Gasteiger partial charge is 0.367 e. The highest BCUT2D eigenvalue weighted by Gasteiger charge is 2.14. The second kappa shape index (κ2) is 11.9. The van der Waals surface area contributed by atoms with Gasteiger partial charge in [0.2, 0.25) is 0 Å². The molecular weight excluding hydrogens is 388 g/mol. The Labute approximate surface area is 196 Å². The van der Waals surface area contributed by atoms with Gasteiger partial charge in [-0.1, -0.05) is 11.8 Å². The zero-order valence-corrected chi connectivity index (χ0v) is 20.8. The summed E-state index contributed by atoms with van der Waals surface area (Å²) in [7, 11) is 0. The molecule has 166 valence electrons. The predicted octanol–water partition coefficient (Wildman–Crippen LogP) is 6.34. The maximum atomic E-state index is 3.09. The van der Waals surface area contributed by atoms with E-state index in [9.17, 15) is 0 Å². The fraction of sp³-hybridized carbons (Fsp3) is 0.400. The first-order valence-corrected chi connectivity index (χ1v) is 11.5. The van der Waals surface area contributed by atoms with Gasteiger partial charge >= 0.3 is 0 Å². The van der Waals surface area contributed by atoms with Crippen LogP contribution in [0.4, 0.5) is 11.4 Å². The number of anilines is 2. The van der Waals surface area contributed by atoms with Crippen molar-refractivity contribution in [1.29, 1.82) is 0 Å². The van der Waals surface area contributed by atoms with E-state index in [4.69, 9.17) is 0 Å². The van der Waals surface area contributed by atoms with E-state index in [0.717, 1.165) is 11.1 Å². The van der Waals surface area contributed by atoms with Crippen LogP contribution in [0.3, 0.4) is 0 Å². The van der Waals surface area contributed by atoms with Crippen molar-refractivity contribution in [3.05, 3.63) is 59.7 Å². The summed E-state index contributed by atoms with van der Waals surface area (Å²) in [6.45, 7) is 17.7. The zero-order valence-electron chi connectivity index (χ0n) is 20.8. The van der Waals surface area contributed by atoms with Crippen molar-refractivity contribution in [2.75, 3.05) is 9.80 Å². The monoisotopic (exact) mass is 424 g/mol. The van der Waals surface area contributed by atoms with Gasteiger partial charge in [-0.15, -0.1) is 0 Å². The number of benzene rings is 2. The summed E-state index contributed by atoms with van der Waals surface area (Å²) in [5, 5.41) is 0. The first-order chi connectivity index (χ1) is 15.2. The van der Waals surface area contributed by atoms with Gasteiger partial charge in [-0.05, 0) is 128 Å². The molecule has 2 heteroatoms. The molecule has 0 spiro atoms. The van der Waals surface area contributed by atoms with Crippen molar-refractivity contribution >= 4 is 11.4 Å². The molecule has 0 aliphatic carbocycles. The Morgan fingerprint density at radius 1 is 0.438 bits per heavy atom. The normalized spacial score (nSPS) is 10.2. The first kappa shape index (κ1) is 25.0. The number of hydrogen-bond acceptors (Lipinski definition) is 2. The second-order valence-electron chi connectivity index (χ2n) is 9.03. The van der Waals surface area contributed by atoms with Crippen LogP contribution in [0.15, 0.2) is 48.5 Å². The Hall–Kier alpha value is -3.28. The Morgan fingerprint density at radius 3 is 0.969 bits per heavy atom. The molecule has 0 bridgehead atoms. The summed E-state index contributed by atoms with van der Waals surface area (Å²) < 4.78 is 0. The Bertz CT molecular complexity index is 937. The van der Waals surface area contributed by atoms with Crippen molar-refractivity contribution in [3.63, 3.8) is 0 Å². The van der Waals surface area contributed by atoms with E-state index < -0.39 is 0 Å². The van der Waals surface area contributed by atoms with Gasteiger partial charge in [-0.2, -0.15) is 0 Å². The third-order valence-corrected chi connectivity index (χ3v) is 5.16. The lowest BCUT2D eigenvalue weighted by Crippen LogP contribution is -2.36. The maximum Gasteiger partial charge on any atom is 0.0371 e. The average molecular weight is 425 g/mol. The minimum atomic E-state index is 0.455. The van der Waals surface area contributed by atoms with Crippen molar-refractivity contribution in [2.45, 2.75) is 79.6 Å². The van der Waals surface area contributed by atoms with Crippen LogP contribution < -0.4 is 9.80 Å². The highest BCUT2D eigenvalue weighted by atomic mass is 15.2. The van der Waals surface area contributed by atoms with E-state index in [1.165, 1.54) is 11.4 Å². The van der Waals surface area contributed by atoms with Crippen LogP contribution in [0.25, 0.3) is 0 Å². The topological polar surface area (TPSA) is 6.48 Å². The molecule has 0 saturated carbocycles. The van der Waals surface area contributed by atoms with E-state index in [2.05, 4.69) is 125 Å². The van der Waals surface area contributed by atoms with Crippen molar-refractivity contribution in [3.8, 4) is 35.5 Å². The molecule has 2 nitrogen and oxygen atoms in total. The molecule has 0 aromatic heterocycles. The number of hydrogen-bond donors (Lipinski definition) is 0. The molecule has 0 atom stereocenters. The van der Waals surface area contributed by atoms with Gasteiger partial charge in [-0.3, -0.25) is 0 Å². The van der Waals surface area contributed by atoms with Crippen LogP contribution >= 0.6 is 0 Å². The molecule has 0 heterocycles. The minimum absolute atomic E-state index is 0.455. The van der Waals surface area contributed by atoms with Gasteiger partial charge in [0.1, 0.15) is 0 Å². The standard InChI is InChI=1S/C30H36N2/c1-23(2)31(24(3)4)29-19-15-27(16-20-29)13-11-9-10-12-14-28-17-21-30(22-18-28)32(25(5)6)26(7)8/h15-26H,1-8H3. The summed E-state index contributed by atoms with van der Waals surface area (Å²) in [6.07, 6.45) is 0. The fourth-order valence-electron chi connectivity index (χ4n) is 4.09. The summed E-state index contributed by atoms with van der Waals surface area (Å²) in [5.74, 6) is 17.6. The maximum absolute atomic E-state index is 3.09. The van der Waals surface area contributed by atoms with E-state index in [1.54, 1.807) is 0 Å². The molecule has 0 aliphatic rings. The molecule has 2 aromatic carbocycles. The average Bonchev–Trinajstić information content (AvgIpc) is 2.72. The van der Waals surface area contributed by atoms with Gasteiger partial charge in [0.05, 0.1) is 0 Å². The minimum Gasteiger partial charge on any atom is -0.367 e. The molecule has 0 unspecified atom stereocenters. The lowest BCUT2D eigenvalue weighted by Gasteiger charge is -2.33. The summed E-state index contributed by atoms with van der Waals surface area (Å²) in [4.78, 5) is 4.78. The van der Waals surface area contributed by atoms with Crippen LogP contribution in [-0.2, 0) is 0 Å². The van der Waals surface area contributed by atoms with Gasteiger partial charge in [-0.25, -0.2) is 0 Å². The van der Waals surface area contributed by atoms with Crippen LogP contribution in [-0.4, -0.2) is 24.2 Å². The molecule has 0 N–H and O–H groups in total. The van der Waals surface area contributed by atoms with E-state index in [-0.39, 0.29) is 0 Å². The van der Waals surface area contributed by atoms with E-state index in [1.807, 2.05) is 24.3 Å². The fourth-order valence-corrected chi connectivity index (χ4v) is 4.09. The summed E-state index contributed by atoms with van der Waals surface area (Å²) in [6, 6.07) is 18.5. The smallest absolute Gasteiger partial charge is 0.0371 e. The van der Waals surface area contributed by atoms with Crippen molar-refractivity contribution in [1.82, 2.24) is 0 Å². The Kier molecular flexibility index (Phi) is 9.32. The van der Waals surface area contributed by atoms with Gasteiger partial charge in [0.25, 0.3) is 0 Å². The Morgan fingerprint density at radius 2 is 0.719 bits per heavy atom. The molecule has 0 saturated heterocycles. The highest BCUT2D eigenvalue weighted by Crippen LogP contribution is 2.21. The molecule has 0 fully saturated rings. The van der Waals surface area contributed by atoms with E-state index in [0.29, 0.717) is 24.2 Å². The van der Waals surface area contributed by atoms with Crippen LogP contribution in [0.2, 0.25) is 0 Å². The zero-order chi connectivity index (χ0) is 23.7. The second-order valence-corrected chi connectivity index (χ2v) is 9.03. The lowest BCUT2D eigenvalue weighted by atomic mass is 10.1. The lowest BCUT2D eigenvalue weighted by molar-refractivity contribution is 0.608. The number of rotatable bonds is 6.